The van der Waals surface area contributed by atoms with Gasteiger partial charge in [0.1, 0.15) is 17.9 Å². The van der Waals surface area contributed by atoms with Crippen molar-refractivity contribution in [3.8, 4) is 11.8 Å². The highest BCUT2D eigenvalue weighted by molar-refractivity contribution is 7.99. The molecule has 1 aliphatic rings. The fourth-order valence-corrected chi connectivity index (χ4v) is 4.03. The molecular formula is C20H20N2O2S. The Hall–Kier alpha value is -2.45. The molecule has 1 aliphatic heterocycles. The Kier molecular flexibility index (Phi) is 5.30. The third kappa shape index (κ3) is 4.34. The minimum atomic E-state index is -0.750. The molecular weight excluding hydrogens is 332 g/mol. The van der Waals surface area contributed by atoms with Gasteiger partial charge in [-0.15, -0.1) is 0 Å². The summed E-state index contributed by atoms with van der Waals surface area (Å²) in [4.78, 5) is 12.5. The van der Waals surface area contributed by atoms with Gasteiger partial charge in [-0.05, 0) is 42.9 Å². The van der Waals surface area contributed by atoms with Crippen LogP contribution in [-0.4, -0.2) is 23.0 Å². The summed E-state index contributed by atoms with van der Waals surface area (Å²) >= 11 is 1.69. The van der Waals surface area contributed by atoms with Crippen molar-refractivity contribution in [2.75, 3.05) is 11.5 Å². The molecule has 2 aromatic rings. The van der Waals surface area contributed by atoms with Gasteiger partial charge in [0, 0.05) is 11.3 Å². The first kappa shape index (κ1) is 17.4. The summed E-state index contributed by atoms with van der Waals surface area (Å²) < 4.78 is 5.81. The van der Waals surface area contributed by atoms with Gasteiger partial charge in [-0.25, -0.2) is 0 Å². The van der Waals surface area contributed by atoms with Crippen molar-refractivity contribution < 1.29 is 9.53 Å². The second-order valence-corrected chi connectivity index (χ2v) is 7.36. The minimum absolute atomic E-state index is 0.231. The van der Waals surface area contributed by atoms with Crippen LogP contribution in [0.2, 0.25) is 0 Å². The summed E-state index contributed by atoms with van der Waals surface area (Å²) in [5.41, 5.74) is 2.03. The van der Waals surface area contributed by atoms with E-state index in [-0.39, 0.29) is 5.91 Å². The predicted molar refractivity (Wildman–Crippen MR) is 99.7 cm³/mol. The number of hydrogen-bond acceptors (Lipinski definition) is 4. The van der Waals surface area contributed by atoms with Gasteiger partial charge in [0.15, 0.2) is 0 Å². The van der Waals surface area contributed by atoms with Gasteiger partial charge < -0.3 is 10.1 Å². The zero-order valence-electron chi connectivity index (χ0n) is 14.1. The van der Waals surface area contributed by atoms with E-state index in [9.17, 15) is 10.1 Å². The molecule has 3 rings (SSSR count). The average molecular weight is 352 g/mol. The largest absolute Gasteiger partial charge is 0.489 e. The van der Waals surface area contributed by atoms with Gasteiger partial charge >= 0.3 is 0 Å². The van der Waals surface area contributed by atoms with Crippen LogP contribution in [0.4, 0.5) is 0 Å². The summed E-state index contributed by atoms with van der Waals surface area (Å²) in [6, 6.07) is 17.5. The fourth-order valence-electron chi connectivity index (χ4n) is 2.76. The SMILES string of the molecule is Cc1cccc(COc2cccc(C(=O)N[C@]3(C#N)CCSC3)c2)c1. The van der Waals surface area contributed by atoms with Crippen LogP contribution in [0.5, 0.6) is 5.75 Å². The minimum Gasteiger partial charge on any atom is -0.489 e. The van der Waals surface area contributed by atoms with Crippen LogP contribution < -0.4 is 10.1 Å². The molecule has 1 heterocycles. The number of carbonyl (C=O) groups excluding carboxylic acids is 1. The summed E-state index contributed by atoms with van der Waals surface area (Å²) in [6.07, 6.45) is 0.684. The number of amides is 1. The van der Waals surface area contributed by atoms with E-state index in [0.717, 1.165) is 11.3 Å². The predicted octanol–water partition coefficient (Wildman–Crippen LogP) is 3.70. The molecule has 128 valence electrons. The molecule has 0 aliphatic carbocycles. The summed E-state index contributed by atoms with van der Waals surface area (Å²) in [6.45, 7) is 2.49. The highest BCUT2D eigenvalue weighted by Gasteiger charge is 2.36. The lowest BCUT2D eigenvalue weighted by molar-refractivity contribution is 0.0925. The lowest BCUT2D eigenvalue weighted by Crippen LogP contribution is -2.47. The number of rotatable bonds is 5. The van der Waals surface area contributed by atoms with Crippen LogP contribution >= 0.6 is 11.8 Å². The molecule has 2 aromatic carbocycles. The number of thioether (sulfide) groups is 1. The Morgan fingerprint density at radius 1 is 1.32 bits per heavy atom. The zero-order valence-corrected chi connectivity index (χ0v) is 14.9. The Morgan fingerprint density at radius 2 is 2.16 bits per heavy atom. The second-order valence-electron chi connectivity index (χ2n) is 6.26. The first-order valence-corrected chi connectivity index (χ1v) is 9.36. The molecule has 1 saturated heterocycles. The number of hydrogen-bond donors (Lipinski definition) is 1. The third-order valence-electron chi connectivity index (χ3n) is 4.17. The first-order chi connectivity index (χ1) is 12.1. The van der Waals surface area contributed by atoms with E-state index in [1.807, 2.05) is 31.2 Å². The molecule has 0 unspecified atom stereocenters. The van der Waals surface area contributed by atoms with Crippen LogP contribution in [0, 0.1) is 18.3 Å². The maximum atomic E-state index is 12.5. The molecule has 0 radical (unpaired) electrons. The fraction of sp³-hybridized carbons (Fsp3) is 0.300. The van der Waals surface area contributed by atoms with Gasteiger partial charge in [-0.2, -0.15) is 17.0 Å². The van der Waals surface area contributed by atoms with Crippen molar-refractivity contribution in [3.63, 3.8) is 0 Å². The number of nitrogens with one attached hydrogen (secondary N) is 1. The molecule has 1 atom stereocenters. The molecule has 0 saturated carbocycles. The van der Waals surface area contributed by atoms with Crippen LogP contribution in [0.3, 0.4) is 0 Å². The summed E-state index contributed by atoms with van der Waals surface area (Å²) in [5.74, 6) is 1.94. The second kappa shape index (κ2) is 7.62. The number of carbonyl (C=O) groups is 1. The zero-order chi connectivity index (χ0) is 17.7. The molecule has 0 bridgehead atoms. The Labute approximate surface area is 152 Å². The quantitative estimate of drug-likeness (QED) is 0.891. The topological polar surface area (TPSA) is 62.1 Å². The van der Waals surface area contributed by atoms with Gasteiger partial charge in [-0.1, -0.05) is 35.9 Å². The lowest BCUT2D eigenvalue weighted by Gasteiger charge is -2.21. The number of aryl methyl sites for hydroxylation is 1. The molecule has 5 heteroatoms. The molecule has 4 nitrogen and oxygen atoms in total. The van der Waals surface area contributed by atoms with Gasteiger partial charge in [0.2, 0.25) is 0 Å². The van der Waals surface area contributed by atoms with E-state index >= 15 is 0 Å². The third-order valence-corrected chi connectivity index (χ3v) is 5.36. The molecule has 1 N–H and O–H groups in total. The van der Waals surface area contributed by atoms with Crippen molar-refractivity contribution in [1.29, 1.82) is 5.26 Å². The Balaban J connectivity index is 1.66. The molecule has 1 fully saturated rings. The summed E-state index contributed by atoms with van der Waals surface area (Å²) in [5, 5.41) is 12.3. The molecule has 1 amide bonds. The van der Waals surface area contributed by atoms with Crippen LogP contribution in [0.15, 0.2) is 48.5 Å². The number of nitrogens with zero attached hydrogens (tertiary/aromatic N) is 1. The van der Waals surface area contributed by atoms with E-state index in [1.165, 1.54) is 5.56 Å². The first-order valence-electron chi connectivity index (χ1n) is 8.20. The van der Waals surface area contributed by atoms with E-state index in [4.69, 9.17) is 4.74 Å². The Morgan fingerprint density at radius 3 is 2.88 bits per heavy atom. The van der Waals surface area contributed by atoms with Crippen molar-refractivity contribution >= 4 is 17.7 Å². The summed E-state index contributed by atoms with van der Waals surface area (Å²) in [7, 11) is 0. The Bertz CT molecular complexity index is 807. The van der Waals surface area contributed by atoms with E-state index in [0.29, 0.717) is 30.1 Å². The molecule has 0 spiro atoms. The highest BCUT2D eigenvalue weighted by atomic mass is 32.2. The molecule has 25 heavy (non-hydrogen) atoms. The van der Waals surface area contributed by atoms with E-state index in [1.54, 1.807) is 30.0 Å². The monoisotopic (exact) mass is 352 g/mol. The number of benzene rings is 2. The smallest absolute Gasteiger partial charge is 0.252 e. The van der Waals surface area contributed by atoms with Crippen LogP contribution in [-0.2, 0) is 6.61 Å². The van der Waals surface area contributed by atoms with Crippen molar-refractivity contribution in [3.05, 3.63) is 65.2 Å². The number of ether oxygens (including phenoxy) is 1. The van der Waals surface area contributed by atoms with Crippen molar-refractivity contribution in [2.45, 2.75) is 25.5 Å². The maximum Gasteiger partial charge on any atom is 0.252 e. The normalized spacial score (nSPS) is 19.2. The number of nitriles is 1. The maximum absolute atomic E-state index is 12.5. The van der Waals surface area contributed by atoms with Crippen molar-refractivity contribution in [2.24, 2.45) is 0 Å². The highest BCUT2D eigenvalue weighted by Crippen LogP contribution is 2.28. The standard InChI is InChI=1S/C20H20N2O2S/c1-15-4-2-5-16(10-15)12-24-18-7-3-6-17(11-18)19(23)22-20(13-21)8-9-25-14-20/h2-7,10-11H,8-9,12,14H2,1H3,(H,22,23)/t20-/m0/s1. The lowest BCUT2D eigenvalue weighted by atomic mass is 10.0. The average Bonchev–Trinajstić information content (AvgIpc) is 3.09. The van der Waals surface area contributed by atoms with E-state index < -0.39 is 5.54 Å². The van der Waals surface area contributed by atoms with Crippen LogP contribution in [0.1, 0.15) is 27.9 Å². The van der Waals surface area contributed by atoms with Gasteiger partial charge in [0.25, 0.3) is 5.91 Å². The van der Waals surface area contributed by atoms with E-state index in [2.05, 4.69) is 17.5 Å². The van der Waals surface area contributed by atoms with Gasteiger partial charge in [0.05, 0.1) is 6.07 Å². The van der Waals surface area contributed by atoms with Crippen LogP contribution in [0.25, 0.3) is 0 Å². The van der Waals surface area contributed by atoms with Crippen molar-refractivity contribution in [1.82, 2.24) is 5.32 Å². The van der Waals surface area contributed by atoms with Gasteiger partial charge in [-0.3, -0.25) is 4.79 Å². The molecule has 0 aromatic heterocycles.